The second kappa shape index (κ2) is 5.77. The Labute approximate surface area is 118 Å². The first-order valence-corrected chi connectivity index (χ1v) is 6.45. The maximum absolute atomic E-state index is 11.8. The average molecular weight is 273 g/mol. The number of hydrogen-bond acceptors (Lipinski definition) is 4. The van der Waals surface area contributed by atoms with Crippen LogP contribution in [0.25, 0.3) is 0 Å². The van der Waals surface area contributed by atoms with Crippen LogP contribution in [0.2, 0.25) is 0 Å². The molecule has 1 aromatic carbocycles. The zero-order chi connectivity index (χ0) is 14.7. The van der Waals surface area contributed by atoms with E-state index in [1.54, 1.807) is 4.68 Å². The standard InChI is InChI=1S/C15H19N3O2/c1-10-5-6-14(13(7-10)15(19)20-4)17-11(2)12-8-16-18(3)9-12/h5-9,11,17H,1-4H3. The summed E-state index contributed by atoms with van der Waals surface area (Å²) < 4.78 is 6.58. The molecular weight excluding hydrogens is 254 g/mol. The minimum Gasteiger partial charge on any atom is -0.465 e. The maximum atomic E-state index is 11.8. The van der Waals surface area contributed by atoms with E-state index in [0.29, 0.717) is 5.56 Å². The number of carbonyl (C=O) groups is 1. The van der Waals surface area contributed by atoms with Crippen LogP contribution in [0.3, 0.4) is 0 Å². The van der Waals surface area contributed by atoms with Gasteiger partial charge in [-0.05, 0) is 26.0 Å². The summed E-state index contributed by atoms with van der Waals surface area (Å²) in [5.74, 6) is -0.338. The van der Waals surface area contributed by atoms with Crippen LogP contribution in [-0.2, 0) is 11.8 Å². The Morgan fingerprint density at radius 3 is 2.80 bits per heavy atom. The monoisotopic (exact) mass is 273 g/mol. The minimum atomic E-state index is -0.338. The second-order valence-corrected chi connectivity index (χ2v) is 4.85. The van der Waals surface area contributed by atoms with E-state index in [1.807, 2.05) is 51.5 Å². The van der Waals surface area contributed by atoms with Crippen LogP contribution < -0.4 is 5.32 Å². The van der Waals surface area contributed by atoms with Gasteiger partial charge in [-0.1, -0.05) is 11.6 Å². The summed E-state index contributed by atoms with van der Waals surface area (Å²) in [6.07, 6.45) is 3.76. The molecule has 106 valence electrons. The smallest absolute Gasteiger partial charge is 0.339 e. The molecule has 0 amide bonds. The molecule has 1 aromatic heterocycles. The van der Waals surface area contributed by atoms with Crippen molar-refractivity contribution in [3.05, 3.63) is 47.3 Å². The molecular formula is C15H19N3O2. The predicted molar refractivity (Wildman–Crippen MR) is 77.8 cm³/mol. The molecule has 1 heterocycles. The third-order valence-electron chi connectivity index (χ3n) is 3.18. The molecule has 0 aliphatic heterocycles. The number of methoxy groups -OCH3 is 1. The Hall–Kier alpha value is -2.30. The highest BCUT2D eigenvalue weighted by Gasteiger charge is 2.15. The van der Waals surface area contributed by atoms with Gasteiger partial charge in [-0.2, -0.15) is 5.10 Å². The lowest BCUT2D eigenvalue weighted by Crippen LogP contribution is -2.11. The van der Waals surface area contributed by atoms with Gasteiger partial charge in [0.15, 0.2) is 0 Å². The quantitative estimate of drug-likeness (QED) is 0.870. The summed E-state index contributed by atoms with van der Waals surface area (Å²) in [6, 6.07) is 5.73. The van der Waals surface area contributed by atoms with Gasteiger partial charge in [0.2, 0.25) is 0 Å². The van der Waals surface area contributed by atoms with Gasteiger partial charge >= 0.3 is 5.97 Å². The highest BCUT2D eigenvalue weighted by Crippen LogP contribution is 2.23. The van der Waals surface area contributed by atoms with E-state index >= 15 is 0 Å². The Morgan fingerprint density at radius 1 is 1.45 bits per heavy atom. The molecule has 0 saturated carbocycles. The molecule has 2 aromatic rings. The van der Waals surface area contributed by atoms with Crippen molar-refractivity contribution in [1.82, 2.24) is 9.78 Å². The first kappa shape index (κ1) is 14.1. The molecule has 2 rings (SSSR count). The third-order valence-corrected chi connectivity index (χ3v) is 3.18. The lowest BCUT2D eigenvalue weighted by atomic mass is 10.1. The number of esters is 1. The van der Waals surface area contributed by atoms with Crippen LogP contribution in [0.15, 0.2) is 30.6 Å². The molecule has 20 heavy (non-hydrogen) atoms. The van der Waals surface area contributed by atoms with Crippen molar-refractivity contribution in [3.8, 4) is 0 Å². The van der Waals surface area contributed by atoms with Gasteiger partial charge in [0.25, 0.3) is 0 Å². The van der Waals surface area contributed by atoms with Crippen molar-refractivity contribution < 1.29 is 9.53 Å². The lowest BCUT2D eigenvalue weighted by Gasteiger charge is -2.16. The summed E-state index contributed by atoms with van der Waals surface area (Å²) in [5.41, 5.74) is 3.39. The van der Waals surface area contributed by atoms with Crippen LogP contribution in [0.4, 0.5) is 5.69 Å². The van der Waals surface area contributed by atoms with Gasteiger partial charge in [0.1, 0.15) is 0 Å². The number of benzene rings is 1. The maximum Gasteiger partial charge on any atom is 0.339 e. The van der Waals surface area contributed by atoms with E-state index in [-0.39, 0.29) is 12.0 Å². The van der Waals surface area contributed by atoms with E-state index in [1.165, 1.54) is 7.11 Å². The fourth-order valence-corrected chi connectivity index (χ4v) is 2.04. The van der Waals surface area contributed by atoms with Gasteiger partial charge in [0.05, 0.1) is 24.9 Å². The number of aromatic nitrogens is 2. The van der Waals surface area contributed by atoms with E-state index in [2.05, 4.69) is 10.4 Å². The molecule has 0 fully saturated rings. The van der Waals surface area contributed by atoms with Crippen molar-refractivity contribution in [2.75, 3.05) is 12.4 Å². The zero-order valence-electron chi connectivity index (χ0n) is 12.2. The van der Waals surface area contributed by atoms with Crippen molar-refractivity contribution in [1.29, 1.82) is 0 Å². The minimum absolute atomic E-state index is 0.0508. The molecule has 5 nitrogen and oxygen atoms in total. The molecule has 0 saturated heterocycles. The summed E-state index contributed by atoms with van der Waals surface area (Å²) in [7, 11) is 3.26. The lowest BCUT2D eigenvalue weighted by molar-refractivity contribution is 0.0601. The SMILES string of the molecule is COC(=O)c1cc(C)ccc1NC(C)c1cnn(C)c1. The van der Waals surface area contributed by atoms with Crippen molar-refractivity contribution >= 4 is 11.7 Å². The molecule has 0 aliphatic rings. The average Bonchev–Trinajstić information content (AvgIpc) is 2.86. The second-order valence-electron chi connectivity index (χ2n) is 4.85. The Bertz CT molecular complexity index is 619. The van der Waals surface area contributed by atoms with Crippen LogP contribution in [0, 0.1) is 6.92 Å². The van der Waals surface area contributed by atoms with Gasteiger partial charge in [-0.25, -0.2) is 4.79 Å². The zero-order valence-corrected chi connectivity index (χ0v) is 12.2. The summed E-state index contributed by atoms with van der Waals surface area (Å²) in [5, 5.41) is 7.48. The molecule has 1 atom stereocenters. The Balaban J connectivity index is 2.26. The van der Waals surface area contributed by atoms with Crippen LogP contribution >= 0.6 is 0 Å². The first-order chi connectivity index (χ1) is 9.51. The number of nitrogens with one attached hydrogen (secondary N) is 1. The first-order valence-electron chi connectivity index (χ1n) is 6.45. The molecule has 1 unspecified atom stereocenters. The molecule has 0 spiro atoms. The summed E-state index contributed by atoms with van der Waals surface area (Å²) >= 11 is 0. The summed E-state index contributed by atoms with van der Waals surface area (Å²) in [6.45, 7) is 3.97. The number of carbonyl (C=O) groups excluding carboxylic acids is 1. The van der Waals surface area contributed by atoms with Crippen LogP contribution in [0.5, 0.6) is 0 Å². The Kier molecular flexibility index (Phi) is 4.08. The van der Waals surface area contributed by atoms with Crippen LogP contribution in [-0.4, -0.2) is 22.9 Å². The molecule has 0 bridgehead atoms. The fraction of sp³-hybridized carbons (Fsp3) is 0.333. The van der Waals surface area contributed by atoms with Crippen LogP contribution in [0.1, 0.15) is 34.5 Å². The van der Waals surface area contributed by atoms with E-state index in [0.717, 1.165) is 16.8 Å². The Morgan fingerprint density at radius 2 is 2.20 bits per heavy atom. The number of rotatable bonds is 4. The van der Waals surface area contributed by atoms with Crippen molar-refractivity contribution in [2.45, 2.75) is 19.9 Å². The fourth-order valence-electron chi connectivity index (χ4n) is 2.04. The van der Waals surface area contributed by atoms with E-state index in [9.17, 15) is 4.79 Å². The number of anilines is 1. The molecule has 1 N–H and O–H groups in total. The van der Waals surface area contributed by atoms with Gasteiger partial charge in [0, 0.05) is 24.5 Å². The van der Waals surface area contributed by atoms with Crippen molar-refractivity contribution in [2.24, 2.45) is 7.05 Å². The number of aryl methyl sites for hydroxylation is 2. The van der Waals surface area contributed by atoms with E-state index in [4.69, 9.17) is 4.74 Å². The summed E-state index contributed by atoms with van der Waals surface area (Å²) in [4.78, 5) is 11.8. The number of nitrogens with zero attached hydrogens (tertiary/aromatic N) is 2. The predicted octanol–water partition coefficient (Wildman–Crippen LogP) is 2.69. The topological polar surface area (TPSA) is 56.1 Å². The highest BCUT2D eigenvalue weighted by atomic mass is 16.5. The normalized spacial score (nSPS) is 12.0. The molecule has 0 radical (unpaired) electrons. The largest absolute Gasteiger partial charge is 0.465 e. The highest BCUT2D eigenvalue weighted by molar-refractivity contribution is 5.95. The van der Waals surface area contributed by atoms with Gasteiger partial charge < -0.3 is 10.1 Å². The number of ether oxygens (including phenoxy) is 1. The molecule has 5 heteroatoms. The van der Waals surface area contributed by atoms with Crippen molar-refractivity contribution in [3.63, 3.8) is 0 Å². The van der Waals surface area contributed by atoms with E-state index < -0.39 is 0 Å². The number of hydrogen-bond donors (Lipinski definition) is 1. The van der Waals surface area contributed by atoms with Gasteiger partial charge in [-0.3, -0.25) is 4.68 Å². The third kappa shape index (κ3) is 2.99. The van der Waals surface area contributed by atoms with Gasteiger partial charge in [-0.15, -0.1) is 0 Å². The molecule has 0 aliphatic carbocycles.